The van der Waals surface area contributed by atoms with E-state index in [-0.39, 0.29) is 36.7 Å². The Morgan fingerprint density at radius 3 is 2.70 bits per heavy atom. The number of ether oxygens (including phenoxy) is 4. The first kappa shape index (κ1) is 15.0. The van der Waals surface area contributed by atoms with E-state index < -0.39 is 5.79 Å². The minimum atomic E-state index is -0.716. The minimum absolute atomic E-state index is 0.121. The molecule has 0 saturated carbocycles. The standard InChI is InChI=1S/C14H20O6/c1-8(15)18-7-10-5-9(13(16)17-4)6-11-12(10)20-14(2,3)19-11/h6,10-12H,5,7H2,1-4H3/t10-,11+,12-/m0/s1. The molecule has 0 N–H and O–H groups in total. The summed E-state index contributed by atoms with van der Waals surface area (Å²) in [6.07, 6.45) is 1.64. The molecule has 20 heavy (non-hydrogen) atoms. The van der Waals surface area contributed by atoms with Crippen LogP contribution < -0.4 is 0 Å². The monoisotopic (exact) mass is 284 g/mol. The van der Waals surface area contributed by atoms with Gasteiger partial charge in [-0.05, 0) is 26.3 Å². The summed E-state index contributed by atoms with van der Waals surface area (Å²) < 4.78 is 21.4. The summed E-state index contributed by atoms with van der Waals surface area (Å²) in [6, 6.07) is 0. The molecule has 0 amide bonds. The third-order valence-corrected chi connectivity index (χ3v) is 3.42. The van der Waals surface area contributed by atoms with Gasteiger partial charge in [0.1, 0.15) is 6.10 Å². The van der Waals surface area contributed by atoms with Crippen LogP contribution in [-0.2, 0) is 28.5 Å². The number of fused-ring (bicyclic) bond motifs is 1. The van der Waals surface area contributed by atoms with E-state index >= 15 is 0 Å². The van der Waals surface area contributed by atoms with Crippen LogP contribution in [0.4, 0.5) is 0 Å². The Hall–Kier alpha value is -1.40. The van der Waals surface area contributed by atoms with Crippen molar-refractivity contribution < 1.29 is 28.5 Å². The summed E-state index contributed by atoms with van der Waals surface area (Å²) in [5, 5.41) is 0. The molecule has 0 aromatic heterocycles. The van der Waals surface area contributed by atoms with Gasteiger partial charge in [0.2, 0.25) is 0 Å². The molecule has 1 saturated heterocycles. The number of esters is 2. The molecule has 0 bridgehead atoms. The average molecular weight is 284 g/mol. The van der Waals surface area contributed by atoms with Gasteiger partial charge in [0.15, 0.2) is 5.79 Å². The molecule has 3 atom stereocenters. The molecular formula is C14H20O6. The van der Waals surface area contributed by atoms with Gasteiger partial charge < -0.3 is 18.9 Å². The van der Waals surface area contributed by atoms with Crippen molar-refractivity contribution in [3.63, 3.8) is 0 Å². The maximum absolute atomic E-state index is 11.7. The number of hydrogen-bond donors (Lipinski definition) is 0. The highest BCUT2D eigenvalue weighted by molar-refractivity contribution is 5.88. The first-order chi connectivity index (χ1) is 9.32. The molecule has 2 rings (SSSR count). The van der Waals surface area contributed by atoms with Crippen LogP contribution in [0.15, 0.2) is 11.6 Å². The molecule has 0 spiro atoms. The molecule has 0 radical (unpaired) electrons. The largest absolute Gasteiger partial charge is 0.466 e. The van der Waals surface area contributed by atoms with Crippen LogP contribution in [0, 0.1) is 5.92 Å². The summed E-state index contributed by atoms with van der Waals surface area (Å²) in [6.45, 7) is 5.19. The van der Waals surface area contributed by atoms with Crippen LogP contribution in [0.3, 0.4) is 0 Å². The second-order valence-corrected chi connectivity index (χ2v) is 5.52. The molecule has 0 aromatic carbocycles. The lowest BCUT2D eigenvalue weighted by Crippen LogP contribution is -2.38. The summed E-state index contributed by atoms with van der Waals surface area (Å²) in [5.74, 6) is -1.57. The second-order valence-electron chi connectivity index (χ2n) is 5.52. The number of rotatable bonds is 3. The number of hydrogen-bond acceptors (Lipinski definition) is 6. The van der Waals surface area contributed by atoms with Gasteiger partial charge in [0.05, 0.1) is 19.8 Å². The normalized spacial score (nSPS) is 31.2. The van der Waals surface area contributed by atoms with Gasteiger partial charge >= 0.3 is 11.9 Å². The van der Waals surface area contributed by atoms with Crippen LogP contribution in [0.25, 0.3) is 0 Å². The molecule has 112 valence electrons. The Bertz CT molecular complexity index is 439. The highest BCUT2D eigenvalue weighted by atomic mass is 16.8. The Morgan fingerprint density at radius 2 is 2.10 bits per heavy atom. The fourth-order valence-electron chi connectivity index (χ4n) is 2.64. The average Bonchev–Trinajstić information content (AvgIpc) is 2.68. The zero-order valence-electron chi connectivity index (χ0n) is 12.2. The number of carbonyl (C=O) groups is 2. The molecule has 1 fully saturated rings. The molecule has 1 aliphatic carbocycles. The van der Waals surface area contributed by atoms with Crippen LogP contribution in [0.2, 0.25) is 0 Å². The van der Waals surface area contributed by atoms with Crippen molar-refractivity contribution in [3.05, 3.63) is 11.6 Å². The third kappa shape index (κ3) is 3.19. The quantitative estimate of drug-likeness (QED) is 0.725. The molecule has 1 heterocycles. The van der Waals surface area contributed by atoms with Gasteiger partial charge in [-0.3, -0.25) is 4.79 Å². The molecule has 0 aromatic rings. The highest BCUT2D eigenvalue weighted by Crippen LogP contribution is 2.39. The van der Waals surface area contributed by atoms with E-state index in [1.807, 2.05) is 13.8 Å². The molecule has 6 nitrogen and oxygen atoms in total. The predicted molar refractivity (Wildman–Crippen MR) is 68.7 cm³/mol. The Morgan fingerprint density at radius 1 is 1.40 bits per heavy atom. The van der Waals surface area contributed by atoms with Gasteiger partial charge in [0, 0.05) is 18.4 Å². The third-order valence-electron chi connectivity index (χ3n) is 3.42. The molecule has 2 aliphatic rings. The van der Waals surface area contributed by atoms with Gasteiger partial charge in [-0.1, -0.05) is 0 Å². The lowest BCUT2D eigenvalue weighted by molar-refractivity contribution is -0.153. The van der Waals surface area contributed by atoms with Crippen LogP contribution in [0.5, 0.6) is 0 Å². The fraction of sp³-hybridized carbons (Fsp3) is 0.714. The van der Waals surface area contributed by atoms with E-state index in [2.05, 4.69) is 0 Å². The van der Waals surface area contributed by atoms with Crippen molar-refractivity contribution in [2.75, 3.05) is 13.7 Å². The summed E-state index contributed by atoms with van der Waals surface area (Å²) in [5.41, 5.74) is 0.534. The van der Waals surface area contributed by atoms with Gasteiger partial charge in [-0.15, -0.1) is 0 Å². The van der Waals surface area contributed by atoms with Crippen LogP contribution in [0.1, 0.15) is 27.2 Å². The van der Waals surface area contributed by atoms with E-state index in [1.54, 1.807) is 6.08 Å². The van der Waals surface area contributed by atoms with Gasteiger partial charge in [0.25, 0.3) is 0 Å². The smallest absolute Gasteiger partial charge is 0.333 e. The van der Waals surface area contributed by atoms with Gasteiger partial charge in [-0.25, -0.2) is 4.79 Å². The SMILES string of the molecule is COC(=O)C1=C[C@H]2OC(C)(C)O[C@H]2[C@H](COC(C)=O)C1. The molecule has 6 heteroatoms. The Balaban J connectivity index is 2.18. The van der Waals surface area contributed by atoms with Crippen molar-refractivity contribution in [2.24, 2.45) is 5.92 Å². The first-order valence-electron chi connectivity index (χ1n) is 6.60. The van der Waals surface area contributed by atoms with Crippen molar-refractivity contribution in [1.29, 1.82) is 0 Å². The number of methoxy groups -OCH3 is 1. The van der Waals surface area contributed by atoms with E-state index in [0.29, 0.717) is 12.0 Å². The molecule has 0 unspecified atom stereocenters. The van der Waals surface area contributed by atoms with Crippen LogP contribution in [-0.4, -0.2) is 43.7 Å². The zero-order chi connectivity index (χ0) is 14.9. The van der Waals surface area contributed by atoms with Crippen molar-refractivity contribution in [3.8, 4) is 0 Å². The van der Waals surface area contributed by atoms with E-state index in [0.717, 1.165) is 0 Å². The van der Waals surface area contributed by atoms with Crippen molar-refractivity contribution in [1.82, 2.24) is 0 Å². The van der Waals surface area contributed by atoms with Crippen LogP contribution >= 0.6 is 0 Å². The molecule has 1 aliphatic heterocycles. The highest BCUT2D eigenvalue weighted by Gasteiger charge is 2.47. The fourth-order valence-corrected chi connectivity index (χ4v) is 2.64. The van der Waals surface area contributed by atoms with Gasteiger partial charge in [-0.2, -0.15) is 0 Å². The summed E-state index contributed by atoms with van der Waals surface area (Å²) in [7, 11) is 1.34. The first-order valence-corrected chi connectivity index (χ1v) is 6.60. The summed E-state index contributed by atoms with van der Waals surface area (Å²) >= 11 is 0. The lowest BCUT2D eigenvalue weighted by atomic mass is 9.85. The maximum Gasteiger partial charge on any atom is 0.333 e. The molecular weight excluding hydrogens is 264 g/mol. The summed E-state index contributed by atoms with van der Waals surface area (Å²) in [4.78, 5) is 22.7. The Labute approximate surface area is 118 Å². The second kappa shape index (κ2) is 5.54. The minimum Gasteiger partial charge on any atom is -0.466 e. The van der Waals surface area contributed by atoms with E-state index in [9.17, 15) is 9.59 Å². The lowest BCUT2D eigenvalue weighted by Gasteiger charge is -2.29. The van der Waals surface area contributed by atoms with E-state index in [1.165, 1.54) is 14.0 Å². The predicted octanol–water partition coefficient (Wildman–Crippen LogP) is 1.19. The maximum atomic E-state index is 11.7. The zero-order valence-corrected chi connectivity index (χ0v) is 12.2. The Kier molecular flexibility index (Phi) is 4.15. The van der Waals surface area contributed by atoms with Crippen molar-refractivity contribution in [2.45, 2.75) is 45.2 Å². The number of carbonyl (C=O) groups excluding carboxylic acids is 2. The topological polar surface area (TPSA) is 71.1 Å². The van der Waals surface area contributed by atoms with E-state index in [4.69, 9.17) is 18.9 Å². The van der Waals surface area contributed by atoms with Crippen molar-refractivity contribution >= 4 is 11.9 Å².